The van der Waals surface area contributed by atoms with Gasteiger partial charge in [-0.15, -0.1) is 0 Å². The van der Waals surface area contributed by atoms with Crippen molar-refractivity contribution in [1.29, 1.82) is 0 Å². The molecule has 8 heteroatoms. The lowest BCUT2D eigenvalue weighted by molar-refractivity contribution is 0.0984. The first-order valence-electron chi connectivity index (χ1n) is 9.23. The Hall–Kier alpha value is -2.71. The van der Waals surface area contributed by atoms with Gasteiger partial charge in [0.1, 0.15) is 5.82 Å². The molecule has 0 spiro atoms. The molecule has 0 bridgehead atoms. The molecule has 1 atom stereocenters. The minimum atomic E-state index is -0.581. The number of ether oxygens (including phenoxy) is 1. The first-order chi connectivity index (χ1) is 13.1. The van der Waals surface area contributed by atoms with Crippen molar-refractivity contribution in [2.24, 2.45) is 5.73 Å². The molecule has 2 aliphatic rings. The molecule has 0 aliphatic carbocycles. The zero-order chi connectivity index (χ0) is 18.8. The zero-order valence-electron chi connectivity index (χ0n) is 15.4. The number of anilines is 2. The Balaban J connectivity index is 1.73. The van der Waals surface area contributed by atoms with Crippen molar-refractivity contribution in [3.63, 3.8) is 0 Å². The number of amides is 2. The van der Waals surface area contributed by atoms with E-state index >= 15 is 0 Å². The van der Waals surface area contributed by atoms with E-state index in [4.69, 9.17) is 20.4 Å². The van der Waals surface area contributed by atoms with Crippen molar-refractivity contribution in [2.45, 2.75) is 25.9 Å². The van der Waals surface area contributed by atoms with E-state index in [-0.39, 0.29) is 6.04 Å². The normalized spacial score (nSPS) is 19.4. The summed E-state index contributed by atoms with van der Waals surface area (Å²) in [6.07, 6.45) is 0.927. The Bertz CT molecular complexity index is 839. The summed E-state index contributed by atoms with van der Waals surface area (Å²) in [5.41, 5.74) is 9.01. The smallest absolute Gasteiger partial charge is 0.316 e. The Morgan fingerprint density at radius 2 is 2.15 bits per heavy atom. The molecular formula is C19H24N6O2. The van der Waals surface area contributed by atoms with Gasteiger partial charge >= 0.3 is 6.03 Å². The summed E-state index contributed by atoms with van der Waals surface area (Å²) in [4.78, 5) is 23.1. The number of fused-ring (bicyclic) bond motifs is 1. The Labute approximate surface area is 158 Å². The quantitative estimate of drug-likeness (QED) is 0.758. The Morgan fingerprint density at radius 3 is 2.89 bits per heavy atom. The van der Waals surface area contributed by atoms with Crippen LogP contribution in [0, 0.1) is 0 Å². The molecule has 2 aromatic rings. The number of benzene rings is 1. The first-order valence-corrected chi connectivity index (χ1v) is 9.23. The topological polar surface area (TPSA) is 105 Å². The van der Waals surface area contributed by atoms with Gasteiger partial charge < -0.3 is 26.0 Å². The SMILES string of the molecule is CC1COCCN1c1nc(-c2ccc(NC(N)=O)cc2)nc2c1CCNC2. The number of carbonyl (C=O) groups excluding carboxylic acids is 1. The Morgan fingerprint density at radius 1 is 1.33 bits per heavy atom. The standard InChI is InChI=1S/C19H24N6O2/c1-12-11-27-9-8-25(12)18-15-6-7-21-10-16(15)23-17(24-18)13-2-4-14(5-3-13)22-19(20)26/h2-5,12,21H,6-11H2,1H3,(H3,20,22,26). The number of nitrogens with two attached hydrogens (primary N) is 1. The van der Waals surface area contributed by atoms with Crippen molar-refractivity contribution in [2.75, 3.05) is 36.5 Å². The van der Waals surface area contributed by atoms with Gasteiger partial charge in [-0.1, -0.05) is 0 Å². The molecule has 1 aromatic heterocycles. The van der Waals surface area contributed by atoms with E-state index < -0.39 is 6.03 Å². The van der Waals surface area contributed by atoms with Crippen molar-refractivity contribution in [3.8, 4) is 11.4 Å². The van der Waals surface area contributed by atoms with Crippen LogP contribution in [0.2, 0.25) is 0 Å². The second kappa shape index (κ2) is 7.50. The second-order valence-electron chi connectivity index (χ2n) is 6.91. The maximum absolute atomic E-state index is 11.0. The van der Waals surface area contributed by atoms with Gasteiger partial charge in [0.2, 0.25) is 0 Å². The van der Waals surface area contributed by atoms with E-state index in [0.717, 1.165) is 43.1 Å². The van der Waals surface area contributed by atoms with Crippen LogP contribution in [0.25, 0.3) is 11.4 Å². The van der Waals surface area contributed by atoms with E-state index in [1.807, 2.05) is 12.1 Å². The summed E-state index contributed by atoms with van der Waals surface area (Å²) in [5, 5.41) is 5.97. The van der Waals surface area contributed by atoms with Gasteiger partial charge in [0, 0.05) is 29.9 Å². The van der Waals surface area contributed by atoms with Crippen LogP contribution in [-0.4, -0.2) is 48.3 Å². The Kier molecular flexibility index (Phi) is 4.91. The van der Waals surface area contributed by atoms with Gasteiger partial charge in [0.05, 0.1) is 24.9 Å². The molecule has 1 saturated heterocycles. The van der Waals surface area contributed by atoms with Crippen LogP contribution in [0.1, 0.15) is 18.2 Å². The van der Waals surface area contributed by atoms with Crippen LogP contribution in [0.3, 0.4) is 0 Å². The summed E-state index contributed by atoms with van der Waals surface area (Å²) in [6.45, 7) is 6.11. The number of carbonyl (C=O) groups is 1. The number of morpholine rings is 1. The average molecular weight is 368 g/mol. The molecule has 0 saturated carbocycles. The maximum atomic E-state index is 11.0. The molecule has 8 nitrogen and oxygen atoms in total. The minimum absolute atomic E-state index is 0.280. The summed E-state index contributed by atoms with van der Waals surface area (Å²) >= 11 is 0. The molecule has 0 radical (unpaired) electrons. The van der Waals surface area contributed by atoms with E-state index in [1.165, 1.54) is 5.56 Å². The van der Waals surface area contributed by atoms with Crippen molar-refractivity contribution < 1.29 is 9.53 Å². The number of aromatic nitrogens is 2. The fourth-order valence-electron chi connectivity index (χ4n) is 3.59. The molecule has 4 N–H and O–H groups in total. The van der Waals surface area contributed by atoms with Gasteiger partial charge in [-0.2, -0.15) is 0 Å². The third kappa shape index (κ3) is 3.72. The van der Waals surface area contributed by atoms with Gasteiger partial charge in [0.25, 0.3) is 0 Å². The second-order valence-corrected chi connectivity index (χ2v) is 6.91. The van der Waals surface area contributed by atoms with E-state index in [2.05, 4.69) is 22.5 Å². The van der Waals surface area contributed by atoms with Crippen LogP contribution in [0.4, 0.5) is 16.3 Å². The van der Waals surface area contributed by atoms with Crippen molar-refractivity contribution in [3.05, 3.63) is 35.5 Å². The zero-order valence-corrected chi connectivity index (χ0v) is 15.4. The fourth-order valence-corrected chi connectivity index (χ4v) is 3.59. The summed E-state index contributed by atoms with van der Waals surface area (Å²) in [6, 6.07) is 7.10. The molecule has 3 heterocycles. The van der Waals surface area contributed by atoms with Crippen LogP contribution in [-0.2, 0) is 17.7 Å². The number of hydrogen-bond acceptors (Lipinski definition) is 6. The lowest BCUT2D eigenvalue weighted by Crippen LogP contribution is -2.45. The number of nitrogens with zero attached hydrogens (tertiary/aromatic N) is 3. The minimum Gasteiger partial charge on any atom is -0.377 e. The average Bonchev–Trinajstić information content (AvgIpc) is 2.68. The van der Waals surface area contributed by atoms with Gasteiger partial charge in [-0.05, 0) is 44.2 Å². The van der Waals surface area contributed by atoms with Crippen molar-refractivity contribution in [1.82, 2.24) is 15.3 Å². The molecule has 2 amide bonds. The number of nitrogens with one attached hydrogen (secondary N) is 2. The molecule has 2 aliphatic heterocycles. The maximum Gasteiger partial charge on any atom is 0.316 e. The molecule has 142 valence electrons. The van der Waals surface area contributed by atoms with Crippen LogP contribution < -0.4 is 21.3 Å². The molecule has 1 unspecified atom stereocenters. The highest BCUT2D eigenvalue weighted by Crippen LogP contribution is 2.30. The third-order valence-electron chi connectivity index (χ3n) is 4.97. The molecule has 4 rings (SSSR count). The molecule has 1 aromatic carbocycles. The van der Waals surface area contributed by atoms with E-state index in [1.54, 1.807) is 12.1 Å². The van der Waals surface area contributed by atoms with E-state index in [0.29, 0.717) is 24.7 Å². The van der Waals surface area contributed by atoms with E-state index in [9.17, 15) is 4.79 Å². The third-order valence-corrected chi connectivity index (χ3v) is 4.97. The monoisotopic (exact) mass is 368 g/mol. The molecule has 27 heavy (non-hydrogen) atoms. The molecule has 1 fully saturated rings. The van der Waals surface area contributed by atoms with Gasteiger partial charge in [0.15, 0.2) is 5.82 Å². The van der Waals surface area contributed by atoms with Crippen molar-refractivity contribution >= 4 is 17.5 Å². The highest BCUT2D eigenvalue weighted by Gasteiger charge is 2.26. The predicted molar refractivity (Wildman–Crippen MR) is 104 cm³/mol. The highest BCUT2D eigenvalue weighted by molar-refractivity contribution is 5.88. The lowest BCUT2D eigenvalue weighted by Gasteiger charge is -2.36. The number of urea groups is 1. The van der Waals surface area contributed by atoms with Gasteiger partial charge in [-0.3, -0.25) is 0 Å². The summed E-state index contributed by atoms with van der Waals surface area (Å²) in [5.74, 6) is 1.71. The number of hydrogen-bond donors (Lipinski definition) is 3. The van der Waals surface area contributed by atoms with Crippen LogP contribution in [0.15, 0.2) is 24.3 Å². The first kappa shape index (κ1) is 17.7. The lowest BCUT2D eigenvalue weighted by atomic mass is 10.0. The summed E-state index contributed by atoms with van der Waals surface area (Å²) < 4.78 is 5.60. The highest BCUT2D eigenvalue weighted by atomic mass is 16.5. The van der Waals surface area contributed by atoms with Crippen LogP contribution >= 0.6 is 0 Å². The molecular weight excluding hydrogens is 344 g/mol. The van der Waals surface area contributed by atoms with Gasteiger partial charge in [-0.25, -0.2) is 14.8 Å². The number of primary amides is 1. The summed E-state index contributed by atoms with van der Waals surface area (Å²) in [7, 11) is 0. The van der Waals surface area contributed by atoms with Crippen LogP contribution in [0.5, 0.6) is 0 Å². The largest absolute Gasteiger partial charge is 0.377 e. The predicted octanol–water partition coefficient (Wildman–Crippen LogP) is 1.51. The fraction of sp³-hybridized carbons (Fsp3) is 0.421. The number of rotatable bonds is 3.